The molecule has 0 atom stereocenters. The van der Waals surface area contributed by atoms with Crippen molar-refractivity contribution in [3.63, 3.8) is 0 Å². The molecule has 3 rings (SSSR count). The van der Waals surface area contributed by atoms with Gasteiger partial charge < -0.3 is 5.11 Å². The Labute approximate surface area is 110 Å². The standard InChI is InChI=1S/C14H12N4O/c19-10-11-4-6-15-13(7-11)12-8-17-18(9-12)14-3-1-2-5-16-14/h1-9,19H,10H2. The van der Waals surface area contributed by atoms with Gasteiger partial charge in [0.05, 0.1) is 18.5 Å². The maximum absolute atomic E-state index is 9.13. The van der Waals surface area contributed by atoms with E-state index in [1.165, 1.54) is 0 Å². The predicted molar refractivity (Wildman–Crippen MR) is 70.5 cm³/mol. The Morgan fingerprint density at radius 2 is 2.05 bits per heavy atom. The number of rotatable bonds is 3. The van der Waals surface area contributed by atoms with E-state index in [-0.39, 0.29) is 6.61 Å². The summed E-state index contributed by atoms with van der Waals surface area (Å²) < 4.78 is 1.70. The Balaban J connectivity index is 1.97. The molecule has 5 nitrogen and oxygen atoms in total. The molecule has 0 aromatic carbocycles. The molecule has 0 aliphatic rings. The fourth-order valence-electron chi connectivity index (χ4n) is 1.80. The first kappa shape index (κ1) is 11.6. The highest BCUT2D eigenvalue weighted by Crippen LogP contribution is 2.18. The zero-order chi connectivity index (χ0) is 13.1. The topological polar surface area (TPSA) is 63.8 Å². The third kappa shape index (κ3) is 2.36. The van der Waals surface area contributed by atoms with Gasteiger partial charge in [0.25, 0.3) is 0 Å². The van der Waals surface area contributed by atoms with Crippen LogP contribution >= 0.6 is 0 Å². The number of aliphatic hydroxyl groups excluding tert-OH is 1. The molecule has 0 radical (unpaired) electrons. The van der Waals surface area contributed by atoms with Crippen LogP contribution in [0.4, 0.5) is 0 Å². The van der Waals surface area contributed by atoms with Crippen LogP contribution in [0.3, 0.4) is 0 Å². The second kappa shape index (κ2) is 4.99. The first-order valence-corrected chi connectivity index (χ1v) is 5.89. The summed E-state index contributed by atoms with van der Waals surface area (Å²) in [5.74, 6) is 0.757. The summed E-state index contributed by atoms with van der Waals surface area (Å²) in [4.78, 5) is 8.51. The molecule has 0 aliphatic carbocycles. The molecule has 0 bridgehead atoms. The van der Waals surface area contributed by atoms with Crippen molar-refractivity contribution in [3.8, 4) is 17.1 Å². The van der Waals surface area contributed by atoms with Crippen molar-refractivity contribution in [2.75, 3.05) is 0 Å². The van der Waals surface area contributed by atoms with Gasteiger partial charge in [-0.25, -0.2) is 9.67 Å². The molecule has 0 saturated carbocycles. The third-order valence-electron chi connectivity index (χ3n) is 2.77. The van der Waals surface area contributed by atoms with Gasteiger partial charge in [-0.05, 0) is 29.8 Å². The molecule has 1 N–H and O–H groups in total. The lowest BCUT2D eigenvalue weighted by Crippen LogP contribution is -1.96. The van der Waals surface area contributed by atoms with Gasteiger partial charge in [0.15, 0.2) is 5.82 Å². The van der Waals surface area contributed by atoms with Crippen molar-refractivity contribution < 1.29 is 5.11 Å². The van der Waals surface area contributed by atoms with Crippen LogP contribution in [-0.2, 0) is 6.61 Å². The van der Waals surface area contributed by atoms with E-state index in [0.717, 1.165) is 22.6 Å². The van der Waals surface area contributed by atoms with Crippen LogP contribution in [-0.4, -0.2) is 24.9 Å². The average molecular weight is 252 g/mol. The van der Waals surface area contributed by atoms with E-state index in [0.29, 0.717) is 0 Å². The molecule has 5 heteroatoms. The predicted octanol–water partition coefficient (Wildman–Crippen LogP) is 1.82. The normalized spacial score (nSPS) is 10.6. The molecule has 0 aliphatic heterocycles. The Kier molecular flexibility index (Phi) is 3.04. The summed E-state index contributed by atoms with van der Waals surface area (Å²) in [5.41, 5.74) is 2.50. The molecular formula is C14H12N4O. The van der Waals surface area contributed by atoms with Gasteiger partial charge in [-0.2, -0.15) is 5.10 Å². The van der Waals surface area contributed by atoms with E-state index in [4.69, 9.17) is 5.11 Å². The van der Waals surface area contributed by atoms with Gasteiger partial charge in [0, 0.05) is 24.2 Å². The molecule has 94 valence electrons. The van der Waals surface area contributed by atoms with Crippen molar-refractivity contribution in [1.82, 2.24) is 19.7 Å². The summed E-state index contributed by atoms with van der Waals surface area (Å²) in [6, 6.07) is 9.29. The number of pyridine rings is 2. The lowest BCUT2D eigenvalue weighted by molar-refractivity contribution is 0.282. The van der Waals surface area contributed by atoms with E-state index in [9.17, 15) is 0 Å². The average Bonchev–Trinajstić information content (AvgIpc) is 2.98. The number of hydrogen-bond donors (Lipinski definition) is 1. The quantitative estimate of drug-likeness (QED) is 0.772. The van der Waals surface area contributed by atoms with Gasteiger partial charge in [-0.1, -0.05) is 6.07 Å². The van der Waals surface area contributed by atoms with Crippen LogP contribution in [0, 0.1) is 0 Å². The van der Waals surface area contributed by atoms with Gasteiger partial charge in [0.1, 0.15) is 0 Å². The number of nitrogens with zero attached hydrogens (tertiary/aromatic N) is 4. The molecule has 0 spiro atoms. The van der Waals surface area contributed by atoms with Crippen molar-refractivity contribution >= 4 is 0 Å². The lowest BCUT2D eigenvalue weighted by Gasteiger charge is -2.00. The van der Waals surface area contributed by atoms with Crippen LogP contribution in [0.1, 0.15) is 5.56 Å². The van der Waals surface area contributed by atoms with Crippen molar-refractivity contribution in [3.05, 3.63) is 60.7 Å². The summed E-state index contributed by atoms with van der Waals surface area (Å²) in [6.07, 6.45) is 7.00. The number of aliphatic hydroxyl groups is 1. The Morgan fingerprint density at radius 3 is 2.84 bits per heavy atom. The first-order chi connectivity index (χ1) is 9.36. The van der Waals surface area contributed by atoms with Crippen LogP contribution in [0.2, 0.25) is 0 Å². The highest BCUT2D eigenvalue weighted by Gasteiger charge is 2.05. The second-order valence-corrected chi connectivity index (χ2v) is 4.07. The van der Waals surface area contributed by atoms with Gasteiger partial charge in [-0.3, -0.25) is 4.98 Å². The minimum absolute atomic E-state index is 0.00387. The lowest BCUT2D eigenvalue weighted by atomic mass is 10.2. The smallest absolute Gasteiger partial charge is 0.153 e. The molecule has 19 heavy (non-hydrogen) atoms. The van der Waals surface area contributed by atoms with Gasteiger partial charge >= 0.3 is 0 Å². The van der Waals surface area contributed by atoms with Crippen LogP contribution < -0.4 is 0 Å². The minimum Gasteiger partial charge on any atom is -0.392 e. The second-order valence-electron chi connectivity index (χ2n) is 4.07. The Bertz CT molecular complexity index is 679. The molecule has 0 unspecified atom stereocenters. The van der Waals surface area contributed by atoms with E-state index in [1.807, 2.05) is 30.5 Å². The van der Waals surface area contributed by atoms with Crippen molar-refractivity contribution in [1.29, 1.82) is 0 Å². The summed E-state index contributed by atoms with van der Waals surface area (Å²) in [7, 11) is 0. The maximum Gasteiger partial charge on any atom is 0.153 e. The monoisotopic (exact) mass is 252 g/mol. The molecular weight excluding hydrogens is 240 g/mol. The first-order valence-electron chi connectivity index (χ1n) is 5.89. The van der Waals surface area contributed by atoms with Crippen molar-refractivity contribution in [2.24, 2.45) is 0 Å². The van der Waals surface area contributed by atoms with Crippen LogP contribution in [0.25, 0.3) is 17.1 Å². The molecule has 3 heterocycles. The molecule has 3 aromatic rings. The Hall–Kier alpha value is -2.53. The number of hydrogen-bond acceptors (Lipinski definition) is 4. The van der Waals surface area contributed by atoms with E-state index in [2.05, 4.69) is 15.1 Å². The van der Waals surface area contributed by atoms with Crippen LogP contribution in [0.5, 0.6) is 0 Å². The SMILES string of the molecule is OCc1ccnc(-c2cnn(-c3ccccn3)c2)c1. The fourth-order valence-corrected chi connectivity index (χ4v) is 1.80. The summed E-state index contributed by atoms with van der Waals surface area (Å²) in [5, 5.41) is 13.4. The van der Waals surface area contributed by atoms with E-state index >= 15 is 0 Å². The fraction of sp³-hybridized carbons (Fsp3) is 0.0714. The van der Waals surface area contributed by atoms with Gasteiger partial charge in [0.2, 0.25) is 0 Å². The van der Waals surface area contributed by atoms with E-state index < -0.39 is 0 Å². The van der Waals surface area contributed by atoms with Crippen molar-refractivity contribution in [2.45, 2.75) is 6.61 Å². The molecule has 0 amide bonds. The summed E-state index contributed by atoms with van der Waals surface area (Å²) in [6.45, 7) is 0.00387. The molecule has 0 saturated heterocycles. The maximum atomic E-state index is 9.13. The highest BCUT2D eigenvalue weighted by atomic mass is 16.3. The van der Waals surface area contributed by atoms with Gasteiger partial charge in [-0.15, -0.1) is 0 Å². The Morgan fingerprint density at radius 1 is 1.11 bits per heavy atom. The largest absolute Gasteiger partial charge is 0.392 e. The zero-order valence-electron chi connectivity index (χ0n) is 10.1. The molecule has 0 fully saturated rings. The zero-order valence-corrected chi connectivity index (χ0v) is 10.1. The van der Waals surface area contributed by atoms with E-state index in [1.54, 1.807) is 29.3 Å². The number of aromatic nitrogens is 4. The summed E-state index contributed by atoms with van der Waals surface area (Å²) >= 11 is 0. The molecule has 3 aromatic heterocycles. The minimum atomic E-state index is 0.00387. The highest BCUT2D eigenvalue weighted by molar-refractivity contribution is 5.58. The van der Waals surface area contributed by atoms with Crippen LogP contribution in [0.15, 0.2) is 55.1 Å². The third-order valence-corrected chi connectivity index (χ3v) is 2.77.